The zero-order valence-electron chi connectivity index (χ0n) is 14.0. The van der Waals surface area contributed by atoms with Crippen LogP contribution in [0.25, 0.3) is 10.9 Å². The average Bonchev–Trinajstić information content (AvgIpc) is 3.12. The Labute approximate surface area is 145 Å². The van der Waals surface area contributed by atoms with Gasteiger partial charge in [-0.3, -0.25) is 4.79 Å². The molecule has 1 fully saturated rings. The summed E-state index contributed by atoms with van der Waals surface area (Å²) < 4.78 is 5.15. The minimum Gasteiger partial charge on any atom is -0.481 e. The van der Waals surface area contributed by atoms with Crippen LogP contribution >= 0.6 is 0 Å². The highest BCUT2D eigenvalue weighted by Crippen LogP contribution is 2.19. The number of anilines is 1. The monoisotopic (exact) mass is 337 g/mol. The minimum absolute atomic E-state index is 0.0381. The molecule has 1 aromatic carbocycles. The number of amides is 1. The van der Waals surface area contributed by atoms with Crippen LogP contribution in [0.2, 0.25) is 0 Å². The van der Waals surface area contributed by atoms with Gasteiger partial charge in [0.25, 0.3) is 5.91 Å². The lowest BCUT2D eigenvalue weighted by atomic mass is 10.2. The number of benzene rings is 1. The normalized spacial score (nSPS) is 14.8. The number of carbonyl (C=O) groups is 1. The highest BCUT2D eigenvalue weighted by Gasteiger charge is 2.24. The highest BCUT2D eigenvalue weighted by atomic mass is 16.5. The summed E-state index contributed by atoms with van der Waals surface area (Å²) in [6.45, 7) is 2.76. The molecule has 0 unspecified atom stereocenters. The largest absolute Gasteiger partial charge is 0.481 e. The van der Waals surface area contributed by atoms with E-state index in [1.807, 2.05) is 41.3 Å². The van der Waals surface area contributed by atoms with E-state index in [4.69, 9.17) is 4.74 Å². The quantitative estimate of drug-likeness (QED) is 0.790. The number of rotatable bonds is 3. The predicted octanol–water partition coefficient (Wildman–Crippen LogP) is 1.93. The number of aromatic amines is 1. The van der Waals surface area contributed by atoms with E-state index in [2.05, 4.69) is 19.9 Å². The number of piperazine rings is 1. The fraction of sp³-hybridized carbons (Fsp3) is 0.278. The van der Waals surface area contributed by atoms with Crippen molar-refractivity contribution in [1.29, 1.82) is 0 Å². The lowest BCUT2D eigenvalue weighted by Crippen LogP contribution is -2.49. The summed E-state index contributed by atoms with van der Waals surface area (Å²) >= 11 is 0. The van der Waals surface area contributed by atoms with Gasteiger partial charge in [0.05, 0.1) is 7.11 Å². The van der Waals surface area contributed by atoms with Crippen molar-refractivity contribution in [2.45, 2.75) is 0 Å². The van der Waals surface area contributed by atoms with Gasteiger partial charge in [0, 0.05) is 43.1 Å². The van der Waals surface area contributed by atoms with E-state index in [1.54, 1.807) is 7.11 Å². The van der Waals surface area contributed by atoms with Gasteiger partial charge >= 0.3 is 0 Å². The fourth-order valence-corrected chi connectivity index (χ4v) is 3.11. The molecule has 1 aliphatic rings. The molecular weight excluding hydrogens is 318 g/mol. The molecule has 3 aromatic rings. The summed E-state index contributed by atoms with van der Waals surface area (Å²) in [5.74, 6) is 1.40. The number of nitrogens with zero attached hydrogens (tertiary/aromatic N) is 4. The third-order valence-electron chi connectivity index (χ3n) is 4.49. The van der Waals surface area contributed by atoms with Gasteiger partial charge in [0.2, 0.25) is 5.88 Å². The molecule has 3 heterocycles. The fourth-order valence-electron chi connectivity index (χ4n) is 3.11. The van der Waals surface area contributed by atoms with E-state index >= 15 is 0 Å². The number of methoxy groups -OCH3 is 1. The molecule has 1 N–H and O–H groups in total. The topological polar surface area (TPSA) is 74.3 Å². The molecule has 7 nitrogen and oxygen atoms in total. The van der Waals surface area contributed by atoms with Crippen molar-refractivity contribution in [2.75, 3.05) is 38.2 Å². The second-order valence-electron chi connectivity index (χ2n) is 5.97. The van der Waals surface area contributed by atoms with Gasteiger partial charge < -0.3 is 19.5 Å². The summed E-state index contributed by atoms with van der Waals surface area (Å²) in [5, 5.41) is 1.05. The number of ether oxygens (including phenoxy) is 1. The van der Waals surface area contributed by atoms with E-state index in [0.717, 1.165) is 29.8 Å². The van der Waals surface area contributed by atoms with Gasteiger partial charge in [-0.25, -0.2) is 9.97 Å². The van der Waals surface area contributed by atoms with Crippen molar-refractivity contribution in [3.63, 3.8) is 0 Å². The van der Waals surface area contributed by atoms with Crippen molar-refractivity contribution >= 4 is 22.6 Å². The SMILES string of the molecule is COc1cc(N2CCN(C(=O)c3cc4ccccc4[nH]3)CC2)ncn1. The van der Waals surface area contributed by atoms with Gasteiger partial charge in [-0.1, -0.05) is 18.2 Å². The summed E-state index contributed by atoms with van der Waals surface area (Å²) in [4.78, 5) is 28.3. The van der Waals surface area contributed by atoms with Crippen LogP contribution in [-0.4, -0.2) is 59.0 Å². The third-order valence-corrected chi connectivity index (χ3v) is 4.49. The van der Waals surface area contributed by atoms with Gasteiger partial charge in [0.1, 0.15) is 17.8 Å². The van der Waals surface area contributed by atoms with Gasteiger partial charge in [-0.15, -0.1) is 0 Å². The summed E-state index contributed by atoms with van der Waals surface area (Å²) in [5.41, 5.74) is 1.62. The maximum Gasteiger partial charge on any atom is 0.270 e. The minimum atomic E-state index is 0.0381. The van der Waals surface area contributed by atoms with E-state index in [-0.39, 0.29) is 5.91 Å². The van der Waals surface area contributed by atoms with Crippen LogP contribution in [0, 0.1) is 0 Å². The number of H-pyrrole nitrogens is 1. The number of hydrogen-bond donors (Lipinski definition) is 1. The molecule has 1 amide bonds. The second-order valence-corrected chi connectivity index (χ2v) is 5.97. The molecule has 128 valence electrons. The third kappa shape index (κ3) is 3.00. The van der Waals surface area contributed by atoms with Gasteiger partial charge in [-0.05, 0) is 12.1 Å². The van der Waals surface area contributed by atoms with E-state index in [0.29, 0.717) is 24.7 Å². The molecule has 7 heteroatoms. The number of hydrogen-bond acceptors (Lipinski definition) is 5. The first kappa shape index (κ1) is 15.4. The Morgan fingerprint density at radius 1 is 1.12 bits per heavy atom. The molecule has 4 rings (SSSR count). The maximum absolute atomic E-state index is 12.7. The zero-order valence-corrected chi connectivity index (χ0v) is 14.0. The Bertz CT molecular complexity index is 866. The zero-order chi connectivity index (χ0) is 17.2. The molecule has 25 heavy (non-hydrogen) atoms. The van der Waals surface area contributed by atoms with Crippen LogP contribution < -0.4 is 9.64 Å². The summed E-state index contributed by atoms with van der Waals surface area (Å²) in [6.07, 6.45) is 1.50. The molecule has 1 aliphatic heterocycles. The van der Waals surface area contributed by atoms with E-state index in [1.165, 1.54) is 6.33 Å². The lowest BCUT2D eigenvalue weighted by molar-refractivity contribution is 0.0741. The van der Waals surface area contributed by atoms with Crippen molar-refractivity contribution < 1.29 is 9.53 Å². The van der Waals surface area contributed by atoms with Crippen molar-refractivity contribution in [3.05, 3.63) is 48.4 Å². The highest BCUT2D eigenvalue weighted by molar-refractivity contribution is 5.98. The number of fused-ring (bicyclic) bond motifs is 1. The van der Waals surface area contributed by atoms with E-state index < -0.39 is 0 Å². The molecular formula is C18H19N5O2. The van der Waals surface area contributed by atoms with Crippen molar-refractivity contribution in [1.82, 2.24) is 19.9 Å². The first-order chi connectivity index (χ1) is 12.2. The Morgan fingerprint density at radius 3 is 2.68 bits per heavy atom. The van der Waals surface area contributed by atoms with Crippen LogP contribution in [0.4, 0.5) is 5.82 Å². The Hall–Kier alpha value is -3.09. The van der Waals surface area contributed by atoms with Crippen LogP contribution in [0.3, 0.4) is 0 Å². The summed E-state index contributed by atoms with van der Waals surface area (Å²) in [6, 6.07) is 11.6. The predicted molar refractivity (Wildman–Crippen MR) is 95.0 cm³/mol. The van der Waals surface area contributed by atoms with E-state index in [9.17, 15) is 4.79 Å². The smallest absolute Gasteiger partial charge is 0.270 e. The number of aromatic nitrogens is 3. The van der Waals surface area contributed by atoms with Crippen LogP contribution in [0.1, 0.15) is 10.5 Å². The lowest BCUT2D eigenvalue weighted by Gasteiger charge is -2.35. The average molecular weight is 337 g/mol. The maximum atomic E-state index is 12.7. The molecule has 2 aromatic heterocycles. The van der Waals surface area contributed by atoms with Crippen molar-refractivity contribution in [3.8, 4) is 5.88 Å². The molecule has 0 aliphatic carbocycles. The molecule has 0 bridgehead atoms. The second kappa shape index (κ2) is 6.43. The molecule has 0 spiro atoms. The first-order valence-electron chi connectivity index (χ1n) is 8.22. The van der Waals surface area contributed by atoms with Gasteiger partial charge in [0.15, 0.2) is 0 Å². The molecule has 0 radical (unpaired) electrons. The molecule has 0 saturated carbocycles. The summed E-state index contributed by atoms with van der Waals surface area (Å²) in [7, 11) is 1.59. The Balaban J connectivity index is 1.45. The molecule has 0 atom stereocenters. The van der Waals surface area contributed by atoms with Crippen LogP contribution in [0.15, 0.2) is 42.7 Å². The number of nitrogens with one attached hydrogen (secondary N) is 1. The Morgan fingerprint density at radius 2 is 1.92 bits per heavy atom. The number of para-hydroxylation sites is 1. The van der Waals surface area contributed by atoms with Crippen LogP contribution in [0.5, 0.6) is 5.88 Å². The standard InChI is InChI=1S/C18H19N5O2/c1-25-17-11-16(19-12-20-17)22-6-8-23(9-7-22)18(24)15-10-13-4-2-3-5-14(13)21-15/h2-5,10-12,21H,6-9H2,1H3. The van der Waals surface area contributed by atoms with Crippen molar-refractivity contribution in [2.24, 2.45) is 0 Å². The number of carbonyl (C=O) groups excluding carboxylic acids is 1. The van der Waals surface area contributed by atoms with Crippen LogP contribution in [-0.2, 0) is 0 Å². The van der Waals surface area contributed by atoms with Gasteiger partial charge in [-0.2, -0.15) is 0 Å². The first-order valence-corrected chi connectivity index (χ1v) is 8.22. The molecule has 1 saturated heterocycles. The Kier molecular flexibility index (Phi) is 3.97.